The molecule has 556 valence electrons. The molecule has 17 aromatic rings. The summed E-state index contributed by atoms with van der Waals surface area (Å²) in [5.41, 5.74) is 26.6. The van der Waals surface area contributed by atoms with Crippen LogP contribution in [0.1, 0.15) is 190 Å². The second-order valence-corrected chi connectivity index (χ2v) is 38.1. The number of hydrogen-bond acceptors (Lipinski definition) is 2. The van der Waals surface area contributed by atoms with Gasteiger partial charge >= 0.3 is 19.5 Å². The van der Waals surface area contributed by atoms with Gasteiger partial charge in [-0.2, -0.15) is 0 Å². The Balaban J connectivity index is 0.00000910. The van der Waals surface area contributed by atoms with Gasteiger partial charge in [-0.25, -0.2) is 9.97 Å². The average molecular weight is 1520 g/mol. The van der Waals surface area contributed by atoms with Crippen LogP contribution in [0.15, 0.2) is 194 Å². The largest absolute Gasteiger partial charge is 2.00 e. The summed E-state index contributed by atoms with van der Waals surface area (Å²) in [6.45, 7) is 51.3. The summed E-state index contributed by atoms with van der Waals surface area (Å²) in [6.07, 6.45) is 4.51. The summed E-state index contributed by atoms with van der Waals surface area (Å²) in [7, 11) is 0. The molecule has 8 heterocycles. The minimum Gasteiger partial charge on any atom is -0.657 e. The summed E-state index contributed by atoms with van der Waals surface area (Å²) in [5, 5.41) is 16.2. The first-order valence-corrected chi connectivity index (χ1v) is 40.4. The van der Waals surface area contributed by atoms with E-state index in [1.54, 1.807) is 0 Å². The number of aromatic nitrogens is 7. The van der Waals surface area contributed by atoms with Crippen LogP contribution in [-0.2, 0) is 71.6 Å². The maximum atomic E-state index is 6.16. The molecule has 10 aromatic carbocycles. The molecule has 1 aliphatic rings. The van der Waals surface area contributed by atoms with Crippen molar-refractivity contribution >= 4 is 154 Å². The predicted octanol–water partition coefficient (Wildman–Crippen LogP) is 28.4. The molecule has 0 saturated heterocycles. The molecule has 0 spiro atoms. The van der Waals surface area contributed by atoms with Crippen LogP contribution in [0.2, 0.25) is 0 Å². The Hall–Kier alpha value is -10.4. The van der Waals surface area contributed by atoms with Gasteiger partial charge in [0.05, 0.1) is 22.4 Å². The van der Waals surface area contributed by atoms with E-state index in [4.69, 9.17) is 19.9 Å². The monoisotopic (exact) mass is 1510 g/mol. The Morgan fingerprint density at radius 2 is 0.536 bits per heavy atom. The molecular formula is C104H103N7Zn. The third-order valence-corrected chi connectivity index (χ3v) is 24.4. The number of fused-ring (bicyclic) bond motifs is 16. The minimum absolute atomic E-state index is 0. The summed E-state index contributed by atoms with van der Waals surface area (Å²) in [6, 6.07) is 76.2. The van der Waals surface area contributed by atoms with Crippen LogP contribution < -0.4 is 9.97 Å². The van der Waals surface area contributed by atoms with Gasteiger partial charge in [-0.3, -0.25) is 0 Å². The summed E-state index contributed by atoms with van der Waals surface area (Å²) in [4.78, 5) is 24.4. The van der Waals surface area contributed by atoms with Crippen LogP contribution in [-0.4, -0.2) is 23.7 Å². The topological polar surface area (TPSA) is 68.8 Å². The summed E-state index contributed by atoms with van der Waals surface area (Å²) >= 11 is 0. The van der Waals surface area contributed by atoms with E-state index in [2.05, 4.69) is 365 Å². The van der Waals surface area contributed by atoms with Crippen molar-refractivity contribution in [3.63, 3.8) is 0 Å². The Morgan fingerprint density at radius 1 is 0.250 bits per heavy atom. The van der Waals surface area contributed by atoms with Crippen molar-refractivity contribution in [3.05, 3.63) is 239 Å². The quantitative estimate of drug-likeness (QED) is 0.156. The summed E-state index contributed by atoms with van der Waals surface area (Å²) in [5.74, 6) is 0. The van der Waals surface area contributed by atoms with Crippen LogP contribution in [0, 0.1) is 0 Å². The van der Waals surface area contributed by atoms with E-state index in [1.165, 1.54) is 120 Å². The smallest absolute Gasteiger partial charge is 0.657 e. The van der Waals surface area contributed by atoms with Gasteiger partial charge in [-0.1, -0.05) is 234 Å². The SMILES string of the molecule is CCn1c2ccc3cc2c2cc(ccc21)c1ccc2c(c1)c1cc(ccc1n2CC)c1cc2[n-]c1cc1nc(cc1c1ccc4c(c1)c1cc3ccc1n4CC)c(-c1cc(C(C)(C)C)cc(C(C)(C)C)c1)c1ccc([n-]1)c(-c1cc(C(C)(C)C)cc(C(C)(C)C)c1)c1nc(c2-c2cc(C(C)(C)C)cc(C(C)(C)C)c2)C=C1.[Zn+2]. The van der Waals surface area contributed by atoms with E-state index >= 15 is 0 Å². The number of hydrogen-bond donors (Lipinski definition) is 0. The van der Waals surface area contributed by atoms with Crippen molar-refractivity contribution in [1.82, 2.24) is 33.6 Å². The first kappa shape index (κ1) is 74.4. The third-order valence-electron chi connectivity index (χ3n) is 24.4. The molecule has 18 rings (SSSR count). The number of nitrogens with zero attached hydrogens (tertiary/aromatic N) is 7. The van der Waals surface area contributed by atoms with Gasteiger partial charge in [0.25, 0.3) is 0 Å². The second kappa shape index (κ2) is 26.1. The number of aryl methyl sites for hydroxylation is 3. The van der Waals surface area contributed by atoms with Crippen molar-refractivity contribution in [2.75, 3.05) is 0 Å². The maximum absolute atomic E-state index is 6.16. The van der Waals surface area contributed by atoms with Crippen molar-refractivity contribution in [3.8, 4) is 33.4 Å². The molecule has 0 N–H and O–H groups in total. The van der Waals surface area contributed by atoms with Gasteiger partial charge < -0.3 is 23.7 Å². The Bertz CT molecular complexity index is 6970. The average Bonchev–Trinajstić information content (AvgIpc) is 1.59. The first-order valence-electron chi connectivity index (χ1n) is 40.4. The molecule has 7 aromatic heterocycles. The zero-order valence-electron chi connectivity index (χ0n) is 69.6. The van der Waals surface area contributed by atoms with E-state index < -0.39 is 0 Å². The minimum atomic E-state index is -0.186. The molecule has 0 amide bonds. The van der Waals surface area contributed by atoms with Crippen LogP contribution in [0.5, 0.6) is 0 Å². The fourth-order valence-corrected chi connectivity index (χ4v) is 17.8. The van der Waals surface area contributed by atoms with Gasteiger partial charge in [0.2, 0.25) is 0 Å². The zero-order valence-corrected chi connectivity index (χ0v) is 72.6. The first-order chi connectivity index (χ1) is 52.6. The van der Waals surface area contributed by atoms with Gasteiger partial charge in [-0.15, -0.1) is 22.1 Å². The van der Waals surface area contributed by atoms with Crippen LogP contribution in [0.25, 0.3) is 187 Å². The zero-order chi connectivity index (χ0) is 77.8. The molecule has 8 heteroatoms. The number of rotatable bonds is 6. The van der Waals surface area contributed by atoms with E-state index in [9.17, 15) is 0 Å². The van der Waals surface area contributed by atoms with E-state index in [1.807, 2.05) is 0 Å². The molecule has 0 aliphatic carbocycles. The number of benzene rings is 9. The summed E-state index contributed by atoms with van der Waals surface area (Å²) < 4.78 is 7.45. The van der Waals surface area contributed by atoms with Crippen LogP contribution in [0.4, 0.5) is 0 Å². The fourth-order valence-electron chi connectivity index (χ4n) is 17.8. The molecule has 0 fully saturated rings. The third kappa shape index (κ3) is 12.4. The predicted molar refractivity (Wildman–Crippen MR) is 480 cm³/mol. The van der Waals surface area contributed by atoms with E-state index in [0.717, 1.165) is 119 Å². The Kier molecular flexibility index (Phi) is 17.3. The Morgan fingerprint density at radius 3 is 0.866 bits per heavy atom. The molecule has 112 heavy (non-hydrogen) atoms. The molecule has 0 atom stereocenters. The van der Waals surface area contributed by atoms with Crippen molar-refractivity contribution in [2.24, 2.45) is 0 Å². The van der Waals surface area contributed by atoms with Gasteiger partial charge in [0.15, 0.2) is 0 Å². The maximum Gasteiger partial charge on any atom is 2.00 e. The van der Waals surface area contributed by atoms with E-state index in [-0.39, 0.29) is 52.0 Å². The Labute approximate surface area is 672 Å². The molecule has 0 radical (unpaired) electrons. The van der Waals surface area contributed by atoms with Crippen LogP contribution >= 0.6 is 0 Å². The van der Waals surface area contributed by atoms with E-state index in [0.29, 0.717) is 0 Å². The van der Waals surface area contributed by atoms with Crippen molar-refractivity contribution in [1.29, 1.82) is 0 Å². The molecule has 7 nitrogen and oxygen atoms in total. The molecule has 0 unspecified atom stereocenters. The molecule has 1 aliphatic heterocycles. The van der Waals surface area contributed by atoms with Gasteiger partial charge in [-0.05, 0) is 255 Å². The second-order valence-electron chi connectivity index (χ2n) is 38.1. The van der Waals surface area contributed by atoms with Crippen molar-refractivity contribution in [2.45, 2.75) is 198 Å². The standard InChI is InChI=1S/C104H103N7.Zn/c1-22-109-90-35-25-59-47-76(90)77-48-60(26-36-91(77)109)62-28-38-93-79(50-62)81-52-64(30-40-95(81)111(93)24-3)75-57-89-98(67-45-72(103(16,17)18)55-73(46-67)104(19,20)21)85-34-32-83(106-85)96(65-41-68(99(4,5)6)53-69(42-65)100(7,8)9)82-31-33-84(105-82)97(66-43-70(101(10,11)12)54-71(44-66)102(13,14)15)88-56-74(86(107-88)58-87(75)108-89)63-29-39-94-80(51-63)78-49-61(59)27-37-92(78)110(94)23-2;/h25-58H,22-24H2,1-21H3;/q-2;+2. The van der Waals surface area contributed by atoms with Gasteiger partial charge in [0, 0.05) is 90.4 Å². The van der Waals surface area contributed by atoms with Crippen LogP contribution in [0.3, 0.4) is 0 Å². The molecular weight excluding hydrogens is 1410 g/mol. The fraction of sp³-hybridized carbons (Fsp3) is 0.288. The van der Waals surface area contributed by atoms with Crippen molar-refractivity contribution < 1.29 is 19.5 Å². The molecule has 0 saturated carbocycles. The van der Waals surface area contributed by atoms with Gasteiger partial charge in [0.1, 0.15) is 0 Å². The molecule has 20 bridgehead atoms. The normalized spacial score (nSPS) is 13.2.